The minimum Gasteiger partial charge on any atom is -0.360 e. The van der Waals surface area contributed by atoms with Crippen molar-refractivity contribution in [1.29, 1.82) is 0 Å². The molecule has 0 fully saturated rings. The molecule has 0 unspecified atom stereocenters. The summed E-state index contributed by atoms with van der Waals surface area (Å²) in [7, 11) is 2.02. The van der Waals surface area contributed by atoms with Crippen LogP contribution in [0.5, 0.6) is 0 Å². The van der Waals surface area contributed by atoms with Crippen molar-refractivity contribution in [1.82, 2.24) is 14.8 Å². The van der Waals surface area contributed by atoms with Crippen LogP contribution in [0.1, 0.15) is 12.0 Å². The SMILES string of the molecule is CON(C)C(=O)CCc1cccc2cnn(COCC[Si](C)(C)C)c12. The van der Waals surface area contributed by atoms with Gasteiger partial charge in [-0.3, -0.25) is 9.63 Å². The first-order valence-corrected chi connectivity index (χ1v) is 12.3. The lowest BCUT2D eigenvalue weighted by Crippen LogP contribution is -2.25. The molecular formula is C18H29N3O3Si. The van der Waals surface area contributed by atoms with Crippen molar-refractivity contribution in [3.05, 3.63) is 30.0 Å². The number of nitrogens with zero attached hydrogens (tertiary/aromatic N) is 3. The number of carbonyl (C=O) groups is 1. The van der Waals surface area contributed by atoms with Crippen molar-refractivity contribution in [2.75, 3.05) is 20.8 Å². The summed E-state index contributed by atoms with van der Waals surface area (Å²) >= 11 is 0. The maximum atomic E-state index is 12.0. The third-order valence-corrected chi connectivity index (χ3v) is 5.89. The zero-order valence-corrected chi connectivity index (χ0v) is 16.9. The first kappa shape index (κ1) is 19.6. The lowest BCUT2D eigenvalue weighted by molar-refractivity contribution is -0.168. The Morgan fingerprint density at radius 2 is 2.08 bits per heavy atom. The van der Waals surface area contributed by atoms with Crippen molar-refractivity contribution < 1.29 is 14.4 Å². The molecule has 2 rings (SSSR count). The highest BCUT2D eigenvalue weighted by molar-refractivity contribution is 6.76. The molecule has 0 saturated heterocycles. The molecule has 0 radical (unpaired) electrons. The number of aromatic nitrogens is 2. The summed E-state index contributed by atoms with van der Waals surface area (Å²) in [5.41, 5.74) is 2.14. The zero-order valence-electron chi connectivity index (χ0n) is 15.9. The van der Waals surface area contributed by atoms with Gasteiger partial charge in [-0.2, -0.15) is 5.10 Å². The van der Waals surface area contributed by atoms with Gasteiger partial charge in [0.25, 0.3) is 0 Å². The summed E-state index contributed by atoms with van der Waals surface area (Å²) in [4.78, 5) is 16.9. The second-order valence-electron chi connectivity index (χ2n) is 7.42. The predicted octanol–water partition coefficient (Wildman–Crippen LogP) is 3.30. The standard InChI is InChI=1S/C18H29N3O3Si/c1-20(23-2)17(22)10-9-15-7-6-8-16-13-19-21(18(15)16)14-24-11-12-25(3,4)5/h6-8,13H,9-12,14H2,1-5H3. The lowest BCUT2D eigenvalue weighted by Gasteiger charge is -2.16. The maximum absolute atomic E-state index is 12.0. The maximum Gasteiger partial charge on any atom is 0.246 e. The Bertz CT molecular complexity index is 709. The van der Waals surface area contributed by atoms with Gasteiger partial charge in [0.05, 0.1) is 18.8 Å². The van der Waals surface area contributed by atoms with Gasteiger partial charge in [0, 0.05) is 33.5 Å². The third-order valence-electron chi connectivity index (χ3n) is 4.19. The molecule has 0 atom stereocenters. The first-order valence-electron chi connectivity index (χ1n) is 8.63. The number of hydrogen-bond donors (Lipinski definition) is 0. The molecular weight excluding hydrogens is 334 g/mol. The van der Waals surface area contributed by atoms with Crippen LogP contribution in [0.25, 0.3) is 10.9 Å². The number of hydroxylamine groups is 2. The zero-order chi connectivity index (χ0) is 18.4. The van der Waals surface area contributed by atoms with Gasteiger partial charge >= 0.3 is 0 Å². The average Bonchev–Trinajstić information content (AvgIpc) is 2.98. The van der Waals surface area contributed by atoms with Gasteiger partial charge in [0.2, 0.25) is 5.91 Å². The minimum absolute atomic E-state index is 0.0445. The topological polar surface area (TPSA) is 56.6 Å². The number of amides is 1. The van der Waals surface area contributed by atoms with Gasteiger partial charge in [-0.25, -0.2) is 9.75 Å². The van der Waals surface area contributed by atoms with Crippen LogP contribution in [0.3, 0.4) is 0 Å². The number of aryl methyl sites for hydroxylation is 1. The van der Waals surface area contributed by atoms with E-state index < -0.39 is 8.07 Å². The molecule has 1 amide bonds. The van der Waals surface area contributed by atoms with Crippen molar-refractivity contribution in [3.8, 4) is 0 Å². The van der Waals surface area contributed by atoms with Crippen LogP contribution in [-0.2, 0) is 27.5 Å². The highest BCUT2D eigenvalue weighted by Crippen LogP contribution is 2.20. The van der Waals surface area contributed by atoms with Gasteiger partial charge in [-0.05, 0) is 18.0 Å². The van der Waals surface area contributed by atoms with Crippen LogP contribution in [0.15, 0.2) is 24.4 Å². The molecule has 1 aromatic carbocycles. The van der Waals surface area contributed by atoms with Crippen molar-refractivity contribution in [2.24, 2.45) is 0 Å². The number of carbonyl (C=O) groups excluding carboxylic acids is 1. The molecule has 25 heavy (non-hydrogen) atoms. The van der Waals surface area contributed by atoms with Crippen LogP contribution in [0, 0.1) is 0 Å². The van der Waals surface area contributed by atoms with E-state index >= 15 is 0 Å². The minimum atomic E-state index is -1.09. The van der Waals surface area contributed by atoms with Gasteiger partial charge in [-0.1, -0.05) is 37.8 Å². The highest BCUT2D eigenvalue weighted by atomic mass is 28.3. The monoisotopic (exact) mass is 363 g/mol. The number of fused-ring (bicyclic) bond motifs is 1. The van der Waals surface area contributed by atoms with E-state index in [1.54, 1.807) is 7.05 Å². The van der Waals surface area contributed by atoms with Gasteiger partial charge in [0.1, 0.15) is 6.73 Å². The molecule has 6 nitrogen and oxygen atoms in total. The second-order valence-corrected chi connectivity index (χ2v) is 13.0. The Balaban J connectivity index is 2.05. The number of ether oxygens (including phenoxy) is 1. The van der Waals surface area contributed by atoms with Gasteiger partial charge in [0.15, 0.2) is 0 Å². The molecule has 2 aromatic rings. The van der Waals surface area contributed by atoms with E-state index in [9.17, 15) is 4.79 Å². The molecule has 138 valence electrons. The Kier molecular flexibility index (Phi) is 6.75. The Labute approximate surface area is 150 Å². The smallest absolute Gasteiger partial charge is 0.246 e. The van der Waals surface area contributed by atoms with E-state index in [0.29, 0.717) is 19.6 Å². The molecule has 0 bridgehead atoms. The van der Waals surface area contributed by atoms with Crippen LogP contribution >= 0.6 is 0 Å². The van der Waals surface area contributed by atoms with Gasteiger partial charge < -0.3 is 4.74 Å². The Morgan fingerprint density at radius 1 is 1.32 bits per heavy atom. The molecule has 0 aliphatic rings. The third kappa shape index (κ3) is 5.66. The molecule has 1 aromatic heterocycles. The summed E-state index contributed by atoms with van der Waals surface area (Å²) in [6.07, 6.45) is 2.89. The van der Waals surface area contributed by atoms with E-state index in [-0.39, 0.29) is 5.91 Å². The predicted molar refractivity (Wildman–Crippen MR) is 102 cm³/mol. The number of para-hydroxylation sites is 1. The van der Waals surface area contributed by atoms with Gasteiger partial charge in [-0.15, -0.1) is 0 Å². The van der Waals surface area contributed by atoms with E-state index in [4.69, 9.17) is 9.57 Å². The van der Waals surface area contributed by atoms with E-state index in [1.807, 2.05) is 29.1 Å². The second kappa shape index (κ2) is 8.60. The quantitative estimate of drug-likeness (QED) is 0.390. The molecule has 0 N–H and O–H groups in total. The van der Waals surface area contributed by atoms with Crippen molar-refractivity contribution in [3.63, 3.8) is 0 Å². The lowest BCUT2D eigenvalue weighted by atomic mass is 10.1. The van der Waals surface area contributed by atoms with E-state index in [1.165, 1.54) is 12.2 Å². The Hall–Kier alpha value is -1.70. The van der Waals surface area contributed by atoms with Crippen LogP contribution in [-0.4, -0.2) is 49.6 Å². The van der Waals surface area contributed by atoms with Crippen LogP contribution in [0.4, 0.5) is 0 Å². The molecule has 0 aliphatic carbocycles. The fraction of sp³-hybridized carbons (Fsp3) is 0.556. The summed E-state index contributed by atoms with van der Waals surface area (Å²) in [5.74, 6) is -0.0445. The number of hydrogen-bond acceptors (Lipinski definition) is 4. The fourth-order valence-corrected chi connectivity index (χ4v) is 3.31. The van der Waals surface area contributed by atoms with Crippen LogP contribution < -0.4 is 0 Å². The summed E-state index contributed by atoms with van der Waals surface area (Å²) < 4.78 is 7.73. The highest BCUT2D eigenvalue weighted by Gasteiger charge is 2.14. The van der Waals surface area contributed by atoms with Crippen molar-refractivity contribution in [2.45, 2.75) is 45.3 Å². The summed E-state index contributed by atoms with van der Waals surface area (Å²) in [6.45, 7) is 8.22. The molecule has 1 heterocycles. The number of rotatable bonds is 9. The Morgan fingerprint density at radius 3 is 2.76 bits per heavy atom. The van der Waals surface area contributed by atoms with E-state index in [0.717, 1.165) is 29.1 Å². The average molecular weight is 364 g/mol. The first-order chi connectivity index (χ1) is 11.8. The molecule has 0 aliphatic heterocycles. The summed E-state index contributed by atoms with van der Waals surface area (Å²) in [5, 5.41) is 6.78. The molecule has 0 spiro atoms. The van der Waals surface area contributed by atoms with E-state index in [2.05, 4.69) is 24.7 Å². The van der Waals surface area contributed by atoms with Crippen molar-refractivity contribution >= 4 is 24.9 Å². The fourth-order valence-electron chi connectivity index (χ4n) is 2.55. The normalized spacial score (nSPS) is 11.9. The number of benzene rings is 1. The summed E-state index contributed by atoms with van der Waals surface area (Å²) in [6, 6.07) is 7.22. The van der Waals surface area contributed by atoms with Crippen LogP contribution in [0.2, 0.25) is 25.7 Å². The molecule has 0 saturated carbocycles. The largest absolute Gasteiger partial charge is 0.360 e. The molecule has 7 heteroatoms.